The highest BCUT2D eigenvalue weighted by Gasteiger charge is 2.39. The van der Waals surface area contributed by atoms with Gasteiger partial charge in [0.15, 0.2) is 0 Å². The Balaban J connectivity index is 1.50. The minimum atomic E-state index is -1.49. The molecule has 2 heterocycles. The first-order valence-electron chi connectivity index (χ1n) is 20.2. The van der Waals surface area contributed by atoms with Gasteiger partial charge in [-0.25, -0.2) is 0 Å². The average molecular weight is 800 g/mol. The lowest BCUT2D eigenvalue weighted by atomic mass is 9.98. The predicted octanol–water partition coefficient (Wildman–Crippen LogP) is 3.06. The number of carbonyl (C=O) groups is 5. The Kier molecular flexibility index (Phi) is 14.6. The van der Waals surface area contributed by atoms with Crippen molar-refractivity contribution in [2.75, 3.05) is 6.54 Å². The van der Waals surface area contributed by atoms with Crippen LogP contribution in [0.25, 0.3) is 10.9 Å². The number of H-pyrrole nitrogens is 1. The van der Waals surface area contributed by atoms with Crippen LogP contribution in [0.4, 0.5) is 0 Å². The van der Waals surface area contributed by atoms with Gasteiger partial charge in [-0.1, -0.05) is 109 Å². The van der Waals surface area contributed by atoms with Crippen LogP contribution in [0.15, 0.2) is 121 Å². The largest absolute Gasteiger partial charge is 0.391 e. The lowest BCUT2D eigenvalue weighted by molar-refractivity contribution is -0.145. The van der Waals surface area contributed by atoms with Crippen LogP contribution in [0.3, 0.4) is 0 Å². The van der Waals surface area contributed by atoms with Gasteiger partial charge in [-0.15, -0.1) is 0 Å². The fourth-order valence-electron chi connectivity index (χ4n) is 7.51. The Morgan fingerprint density at radius 2 is 1.17 bits per heavy atom. The number of hydrogen-bond acceptors (Lipinski definition) is 7. The number of carbonyl (C=O) groups excluding carboxylic acids is 5. The van der Waals surface area contributed by atoms with Crippen molar-refractivity contribution in [2.45, 2.75) is 88.3 Å². The molecule has 0 unspecified atom stereocenters. The molecule has 5 aromatic rings. The summed E-state index contributed by atoms with van der Waals surface area (Å²) in [6.45, 7) is 1.72. The summed E-state index contributed by atoms with van der Waals surface area (Å²) in [5.74, 6) is -3.30. The van der Waals surface area contributed by atoms with Gasteiger partial charge in [-0.2, -0.15) is 0 Å². The molecule has 1 aromatic heterocycles. The van der Waals surface area contributed by atoms with Crippen LogP contribution in [-0.2, 0) is 49.8 Å². The fourth-order valence-corrected chi connectivity index (χ4v) is 7.51. The zero-order chi connectivity index (χ0) is 41.7. The van der Waals surface area contributed by atoms with Crippen molar-refractivity contribution < 1.29 is 29.1 Å². The van der Waals surface area contributed by atoms with E-state index < -0.39 is 65.8 Å². The summed E-state index contributed by atoms with van der Waals surface area (Å²) in [6, 6.07) is 29.0. The Morgan fingerprint density at radius 3 is 1.81 bits per heavy atom. The number of aliphatic hydroxyl groups is 1. The second-order valence-corrected chi connectivity index (χ2v) is 15.1. The predicted molar refractivity (Wildman–Crippen MR) is 225 cm³/mol. The minimum Gasteiger partial charge on any atom is -0.391 e. The second kappa shape index (κ2) is 20.4. The number of nitrogens with one attached hydrogen (secondary N) is 5. The highest BCUT2D eigenvalue weighted by molar-refractivity contribution is 5.98. The summed E-state index contributed by atoms with van der Waals surface area (Å²) < 4.78 is 0. The van der Waals surface area contributed by atoms with E-state index in [0.717, 1.165) is 33.2 Å². The van der Waals surface area contributed by atoms with Gasteiger partial charge >= 0.3 is 0 Å². The average Bonchev–Trinajstić information content (AvgIpc) is 3.66. The number of hydrogen-bond donors (Lipinski definition) is 7. The van der Waals surface area contributed by atoms with Crippen molar-refractivity contribution in [3.05, 3.63) is 144 Å². The lowest BCUT2D eigenvalue weighted by Crippen LogP contribution is -2.61. The van der Waals surface area contributed by atoms with Crippen molar-refractivity contribution >= 4 is 40.4 Å². The van der Waals surface area contributed by atoms with E-state index in [4.69, 9.17) is 5.73 Å². The van der Waals surface area contributed by atoms with E-state index in [1.807, 2.05) is 115 Å². The SMILES string of the molecule is C[C@@H](O)[C@@H]1NC(=O)[C@H](CCCCN)NC(=O)[C@@H](Cc2c[nH]c3ccccc23)NC(=O)[C@H](Cc2ccccc2)N(Cc2ccccc2)C(=O)[C@H](Cc2ccccc2)NC1=O. The maximum absolute atomic E-state index is 15.3. The normalized spacial score (nSPS) is 21.4. The zero-order valence-electron chi connectivity index (χ0n) is 33.2. The lowest BCUT2D eigenvalue weighted by Gasteiger charge is -2.35. The van der Waals surface area contributed by atoms with Crippen LogP contribution in [0.5, 0.6) is 0 Å². The van der Waals surface area contributed by atoms with Gasteiger partial charge in [0, 0.05) is 42.9 Å². The standard InChI is InChI=1S/C46H53N7O6/c1-30(54)41-45(58)51-39(25-31-15-5-2-6-16-31)46(59)53(29-33-19-9-4-10-20-33)40(26-32-17-7-3-8-18-32)44(57)50-38(27-34-28-48-36-22-12-11-21-35(34)36)43(56)49-37(42(55)52-41)23-13-14-24-47/h2-12,15-22,28,30,37-41,48,54H,13-14,23-27,29,47H2,1H3,(H,49,56)(H,50,57)(H,51,58)(H,52,55)/t30-,37+,38-,39+,40+,41+/m1/s1. The molecule has 4 aromatic carbocycles. The van der Waals surface area contributed by atoms with Gasteiger partial charge in [0.25, 0.3) is 0 Å². The molecule has 6 atom stereocenters. The highest BCUT2D eigenvalue weighted by atomic mass is 16.3. The first kappa shape index (κ1) is 42.3. The summed E-state index contributed by atoms with van der Waals surface area (Å²) in [6.07, 6.45) is 1.79. The number of para-hydroxylation sites is 1. The maximum atomic E-state index is 15.3. The molecular formula is C46H53N7O6. The summed E-state index contributed by atoms with van der Waals surface area (Å²) in [7, 11) is 0. The van der Waals surface area contributed by atoms with Gasteiger partial charge in [0.2, 0.25) is 29.5 Å². The number of amides is 5. The summed E-state index contributed by atoms with van der Waals surface area (Å²) >= 11 is 0. The number of fused-ring (bicyclic) bond motifs is 1. The van der Waals surface area contributed by atoms with Crippen LogP contribution in [0.1, 0.15) is 48.4 Å². The molecule has 1 aliphatic rings. The summed E-state index contributed by atoms with van der Waals surface area (Å²) in [4.78, 5) is 77.8. The highest BCUT2D eigenvalue weighted by Crippen LogP contribution is 2.22. The van der Waals surface area contributed by atoms with Crippen LogP contribution in [0.2, 0.25) is 0 Å². The maximum Gasteiger partial charge on any atom is 0.246 e. The second-order valence-electron chi connectivity index (χ2n) is 15.1. The van der Waals surface area contributed by atoms with Gasteiger partial charge < -0.3 is 42.0 Å². The molecule has 0 aliphatic carbocycles. The molecule has 6 rings (SSSR count). The van der Waals surface area contributed by atoms with Crippen molar-refractivity contribution in [2.24, 2.45) is 5.73 Å². The van der Waals surface area contributed by atoms with Gasteiger partial charge in [-0.05, 0) is 61.1 Å². The number of aromatic nitrogens is 1. The Labute approximate surface area is 344 Å². The molecule has 8 N–H and O–H groups in total. The van der Waals surface area contributed by atoms with Crippen LogP contribution in [0, 0.1) is 0 Å². The molecule has 13 heteroatoms. The molecule has 0 saturated carbocycles. The smallest absolute Gasteiger partial charge is 0.246 e. The molecule has 5 amide bonds. The molecule has 0 radical (unpaired) electrons. The Bertz CT molecular complexity index is 2180. The Morgan fingerprint density at radius 1 is 0.610 bits per heavy atom. The number of benzene rings is 4. The van der Waals surface area contributed by atoms with Crippen LogP contribution in [-0.4, -0.2) is 87.4 Å². The van der Waals surface area contributed by atoms with Crippen molar-refractivity contribution in [1.29, 1.82) is 0 Å². The quantitative estimate of drug-likeness (QED) is 0.0889. The van der Waals surface area contributed by atoms with E-state index in [0.29, 0.717) is 19.4 Å². The fraction of sp³-hybridized carbons (Fsp3) is 0.326. The van der Waals surface area contributed by atoms with Gasteiger partial charge in [-0.3, -0.25) is 24.0 Å². The van der Waals surface area contributed by atoms with Crippen LogP contribution < -0.4 is 27.0 Å². The molecule has 1 aliphatic heterocycles. The molecule has 59 heavy (non-hydrogen) atoms. The van der Waals surface area contributed by atoms with Crippen molar-refractivity contribution in [1.82, 2.24) is 31.2 Å². The molecule has 0 bridgehead atoms. The van der Waals surface area contributed by atoms with Crippen molar-refractivity contribution in [3.63, 3.8) is 0 Å². The third kappa shape index (κ3) is 11.2. The van der Waals surface area contributed by atoms with E-state index >= 15 is 9.59 Å². The van der Waals surface area contributed by atoms with Gasteiger partial charge in [0.1, 0.15) is 30.2 Å². The molecule has 1 fully saturated rings. The molecular weight excluding hydrogens is 747 g/mol. The van der Waals surface area contributed by atoms with Gasteiger partial charge in [0.05, 0.1) is 6.10 Å². The van der Waals surface area contributed by atoms with E-state index in [1.54, 1.807) is 6.20 Å². The molecule has 308 valence electrons. The van der Waals surface area contributed by atoms with E-state index in [-0.39, 0.29) is 32.2 Å². The zero-order valence-corrected chi connectivity index (χ0v) is 33.2. The third-order valence-corrected chi connectivity index (χ3v) is 10.7. The number of unbranched alkanes of at least 4 members (excludes halogenated alkanes) is 1. The van der Waals surface area contributed by atoms with E-state index in [9.17, 15) is 19.5 Å². The number of aliphatic hydroxyl groups excluding tert-OH is 1. The Hall–Kier alpha value is -6.31. The number of rotatable bonds is 13. The topological polar surface area (TPSA) is 199 Å². The summed E-state index contributed by atoms with van der Waals surface area (Å²) in [5.41, 5.74) is 9.62. The minimum absolute atomic E-state index is 0.00908. The first-order valence-corrected chi connectivity index (χ1v) is 20.2. The molecule has 13 nitrogen and oxygen atoms in total. The molecule has 1 saturated heterocycles. The first-order chi connectivity index (χ1) is 28.6. The van der Waals surface area contributed by atoms with Crippen molar-refractivity contribution in [3.8, 4) is 0 Å². The molecule has 0 spiro atoms. The van der Waals surface area contributed by atoms with E-state index in [1.165, 1.54) is 11.8 Å². The summed E-state index contributed by atoms with van der Waals surface area (Å²) in [5, 5.41) is 23.2. The number of nitrogens with two attached hydrogens (primary N) is 1. The van der Waals surface area contributed by atoms with Crippen LogP contribution >= 0.6 is 0 Å². The van der Waals surface area contributed by atoms with E-state index in [2.05, 4.69) is 26.3 Å². The third-order valence-electron chi connectivity index (χ3n) is 10.7. The monoisotopic (exact) mass is 799 g/mol. The number of nitrogens with zero attached hydrogens (tertiary/aromatic N) is 1. The number of aromatic amines is 1.